The molecule has 0 heterocycles. The summed E-state index contributed by atoms with van der Waals surface area (Å²) in [6, 6.07) is 5.01. The maximum atomic E-state index is 9.54. The van der Waals surface area contributed by atoms with Crippen molar-refractivity contribution >= 4 is 23.0 Å². The van der Waals surface area contributed by atoms with E-state index in [0.29, 0.717) is 11.4 Å². The van der Waals surface area contributed by atoms with Crippen molar-refractivity contribution in [1.82, 2.24) is 0 Å². The minimum absolute atomic E-state index is 0.00204. The zero-order chi connectivity index (χ0) is 9.84. The highest BCUT2D eigenvalue weighted by molar-refractivity contribution is 7.80. The largest absolute Gasteiger partial charge is 0.503 e. The molecule has 0 bridgehead atoms. The van der Waals surface area contributed by atoms with Crippen LogP contribution in [0, 0.1) is 0 Å². The Bertz CT molecular complexity index is 328. The third-order valence-electron chi connectivity index (χ3n) is 1.48. The molecule has 0 aliphatic carbocycles. The van der Waals surface area contributed by atoms with Gasteiger partial charge in [0.1, 0.15) is 0 Å². The number of methoxy groups -OCH3 is 1. The zero-order valence-corrected chi connectivity index (χ0v) is 7.89. The molecule has 1 rings (SSSR count). The third-order valence-corrected chi connectivity index (χ3v) is 1.58. The molecule has 0 saturated heterocycles. The number of thiocarbonyl (C=S) groups is 1. The van der Waals surface area contributed by atoms with E-state index in [9.17, 15) is 5.11 Å². The Morgan fingerprint density at radius 3 is 2.85 bits per heavy atom. The van der Waals surface area contributed by atoms with Crippen LogP contribution in [-0.4, -0.2) is 17.3 Å². The van der Waals surface area contributed by atoms with E-state index in [4.69, 9.17) is 10.5 Å². The monoisotopic (exact) mass is 198 g/mol. The molecule has 1 aromatic carbocycles. The summed E-state index contributed by atoms with van der Waals surface area (Å²) < 4.78 is 4.89. The summed E-state index contributed by atoms with van der Waals surface area (Å²) in [7, 11) is 1.47. The van der Waals surface area contributed by atoms with Crippen LogP contribution in [-0.2, 0) is 0 Å². The number of benzene rings is 1. The van der Waals surface area contributed by atoms with E-state index in [1.807, 2.05) is 0 Å². The summed E-state index contributed by atoms with van der Waals surface area (Å²) in [6.07, 6.45) is 0. The standard InChI is InChI=1S/C8H10N2O2S/c1-12-6-4-2-3-5(7(6)11)10-8(9)13/h2-4,11H,1H3,(H3,9,10,13). The second-order valence-electron chi connectivity index (χ2n) is 2.35. The average molecular weight is 198 g/mol. The van der Waals surface area contributed by atoms with Crippen molar-refractivity contribution in [3.8, 4) is 11.5 Å². The SMILES string of the molecule is COc1cccc(NC(N)=S)c1O. The fourth-order valence-corrected chi connectivity index (χ4v) is 1.03. The van der Waals surface area contributed by atoms with E-state index >= 15 is 0 Å². The van der Waals surface area contributed by atoms with E-state index in [-0.39, 0.29) is 10.9 Å². The zero-order valence-electron chi connectivity index (χ0n) is 7.07. The van der Waals surface area contributed by atoms with Crippen LogP contribution in [0.15, 0.2) is 18.2 Å². The second kappa shape index (κ2) is 3.95. The van der Waals surface area contributed by atoms with Crippen molar-refractivity contribution in [2.24, 2.45) is 5.73 Å². The first-order chi connectivity index (χ1) is 6.15. The van der Waals surface area contributed by atoms with Gasteiger partial charge in [0.15, 0.2) is 16.6 Å². The first-order valence-electron chi connectivity index (χ1n) is 3.57. The number of hydrogen-bond donors (Lipinski definition) is 3. The van der Waals surface area contributed by atoms with Crippen molar-refractivity contribution < 1.29 is 9.84 Å². The number of phenols is 1. The van der Waals surface area contributed by atoms with Crippen LogP contribution in [0.1, 0.15) is 0 Å². The van der Waals surface area contributed by atoms with E-state index in [2.05, 4.69) is 17.5 Å². The molecular weight excluding hydrogens is 188 g/mol. The van der Waals surface area contributed by atoms with Crippen LogP contribution in [0.5, 0.6) is 11.5 Å². The number of nitrogens with one attached hydrogen (secondary N) is 1. The normalized spacial score (nSPS) is 9.31. The van der Waals surface area contributed by atoms with Crippen LogP contribution in [0.4, 0.5) is 5.69 Å². The lowest BCUT2D eigenvalue weighted by Gasteiger charge is -2.09. The summed E-state index contributed by atoms with van der Waals surface area (Å²) >= 11 is 4.63. The molecule has 5 heteroatoms. The number of rotatable bonds is 2. The molecule has 4 N–H and O–H groups in total. The van der Waals surface area contributed by atoms with Crippen LogP contribution >= 0.6 is 12.2 Å². The lowest BCUT2D eigenvalue weighted by atomic mass is 10.2. The van der Waals surface area contributed by atoms with Gasteiger partial charge in [-0.1, -0.05) is 6.07 Å². The maximum absolute atomic E-state index is 9.54. The Morgan fingerprint density at radius 1 is 1.62 bits per heavy atom. The Hall–Kier alpha value is -1.49. The van der Waals surface area contributed by atoms with Crippen LogP contribution in [0.25, 0.3) is 0 Å². The Labute approximate surface area is 81.3 Å². The Balaban J connectivity index is 3.01. The molecule has 0 amide bonds. The summed E-state index contributed by atoms with van der Waals surface area (Å²) in [5, 5.41) is 12.3. The van der Waals surface area contributed by atoms with Gasteiger partial charge in [0.25, 0.3) is 0 Å². The molecule has 0 aromatic heterocycles. The molecule has 0 radical (unpaired) electrons. The summed E-state index contributed by atoms with van der Waals surface area (Å²) in [5.41, 5.74) is 5.69. The number of phenolic OH excluding ortho intramolecular Hbond substituents is 1. The molecule has 0 saturated carbocycles. The number of anilines is 1. The molecule has 0 unspecified atom stereocenters. The summed E-state index contributed by atoms with van der Waals surface area (Å²) in [6.45, 7) is 0. The number of ether oxygens (including phenoxy) is 1. The summed E-state index contributed by atoms with van der Waals surface area (Å²) in [5.74, 6) is 0.374. The highest BCUT2D eigenvalue weighted by Crippen LogP contribution is 2.33. The molecule has 0 atom stereocenters. The van der Waals surface area contributed by atoms with Crippen LogP contribution in [0.2, 0.25) is 0 Å². The van der Waals surface area contributed by atoms with Crippen molar-refractivity contribution in [3.05, 3.63) is 18.2 Å². The van der Waals surface area contributed by atoms with Crippen LogP contribution in [0.3, 0.4) is 0 Å². The first kappa shape index (κ1) is 9.60. The third kappa shape index (κ3) is 2.22. The molecular formula is C8H10N2O2S. The van der Waals surface area contributed by atoms with E-state index < -0.39 is 0 Å². The molecule has 0 fully saturated rings. The topological polar surface area (TPSA) is 67.5 Å². The molecule has 13 heavy (non-hydrogen) atoms. The predicted molar refractivity (Wildman–Crippen MR) is 55.1 cm³/mol. The Morgan fingerprint density at radius 2 is 2.31 bits per heavy atom. The Kier molecular flexibility index (Phi) is 2.92. The fraction of sp³-hybridized carbons (Fsp3) is 0.125. The van der Waals surface area contributed by atoms with Gasteiger partial charge in [0.2, 0.25) is 0 Å². The average Bonchev–Trinajstić information content (AvgIpc) is 2.08. The minimum Gasteiger partial charge on any atom is -0.503 e. The predicted octanol–water partition coefficient (Wildman–Crippen LogP) is 1.06. The molecule has 0 aliphatic heterocycles. The molecule has 70 valence electrons. The van der Waals surface area contributed by atoms with E-state index in [1.54, 1.807) is 18.2 Å². The molecule has 0 spiro atoms. The van der Waals surface area contributed by atoms with Gasteiger partial charge in [0.05, 0.1) is 12.8 Å². The number of aromatic hydroxyl groups is 1. The first-order valence-corrected chi connectivity index (χ1v) is 3.98. The lowest BCUT2D eigenvalue weighted by molar-refractivity contribution is 0.375. The highest BCUT2D eigenvalue weighted by atomic mass is 32.1. The van der Waals surface area contributed by atoms with Crippen molar-refractivity contribution in [1.29, 1.82) is 0 Å². The summed E-state index contributed by atoms with van der Waals surface area (Å²) in [4.78, 5) is 0. The lowest BCUT2D eigenvalue weighted by Crippen LogP contribution is -2.18. The molecule has 0 aliphatic rings. The van der Waals surface area contributed by atoms with Gasteiger partial charge in [-0.25, -0.2) is 0 Å². The van der Waals surface area contributed by atoms with Crippen molar-refractivity contribution in [2.75, 3.05) is 12.4 Å². The molecule has 1 aromatic rings. The van der Waals surface area contributed by atoms with Gasteiger partial charge in [-0.2, -0.15) is 0 Å². The van der Waals surface area contributed by atoms with Gasteiger partial charge in [-0.15, -0.1) is 0 Å². The van der Waals surface area contributed by atoms with Crippen LogP contribution < -0.4 is 15.8 Å². The fourth-order valence-electron chi connectivity index (χ4n) is 0.921. The second-order valence-corrected chi connectivity index (χ2v) is 2.79. The highest BCUT2D eigenvalue weighted by Gasteiger charge is 2.06. The number of para-hydroxylation sites is 1. The number of nitrogens with two attached hydrogens (primary N) is 1. The van der Waals surface area contributed by atoms with E-state index in [0.717, 1.165) is 0 Å². The van der Waals surface area contributed by atoms with Crippen molar-refractivity contribution in [3.63, 3.8) is 0 Å². The van der Waals surface area contributed by atoms with E-state index in [1.165, 1.54) is 7.11 Å². The van der Waals surface area contributed by atoms with Gasteiger partial charge in [0, 0.05) is 0 Å². The quantitative estimate of drug-likeness (QED) is 0.489. The molecule has 4 nitrogen and oxygen atoms in total. The minimum atomic E-state index is -0.00204. The number of hydrogen-bond acceptors (Lipinski definition) is 3. The van der Waals surface area contributed by atoms with Gasteiger partial charge < -0.3 is 20.9 Å². The van der Waals surface area contributed by atoms with Gasteiger partial charge in [-0.3, -0.25) is 0 Å². The smallest absolute Gasteiger partial charge is 0.181 e. The van der Waals surface area contributed by atoms with Gasteiger partial charge >= 0.3 is 0 Å². The van der Waals surface area contributed by atoms with Crippen molar-refractivity contribution in [2.45, 2.75) is 0 Å². The maximum Gasteiger partial charge on any atom is 0.181 e. The van der Waals surface area contributed by atoms with Gasteiger partial charge in [-0.05, 0) is 24.4 Å².